The zero-order valence-corrected chi connectivity index (χ0v) is 10.5. The highest BCUT2D eigenvalue weighted by Gasteiger charge is 2.22. The molecule has 17 heavy (non-hydrogen) atoms. The molecule has 0 bridgehead atoms. The molecule has 0 aromatic heterocycles. The van der Waals surface area contributed by atoms with Gasteiger partial charge >= 0.3 is 0 Å². The first-order valence-corrected chi connectivity index (χ1v) is 6.93. The van der Waals surface area contributed by atoms with Gasteiger partial charge in [-0.2, -0.15) is 0 Å². The van der Waals surface area contributed by atoms with Crippen LogP contribution >= 0.6 is 11.8 Å². The van der Waals surface area contributed by atoms with Gasteiger partial charge in [0.25, 0.3) is 0 Å². The number of carbonyl (C=O) groups excluding carboxylic acids is 1. The summed E-state index contributed by atoms with van der Waals surface area (Å²) in [6.07, 6.45) is 2.12. The molecule has 92 valence electrons. The van der Waals surface area contributed by atoms with Gasteiger partial charge in [0.1, 0.15) is 0 Å². The summed E-state index contributed by atoms with van der Waals surface area (Å²) in [6, 6.07) is 7.63. The minimum absolute atomic E-state index is 0.0181. The van der Waals surface area contributed by atoms with Gasteiger partial charge in [-0.1, -0.05) is 24.3 Å². The number of thioether (sulfide) groups is 1. The van der Waals surface area contributed by atoms with Gasteiger partial charge in [-0.3, -0.25) is 4.79 Å². The van der Waals surface area contributed by atoms with E-state index >= 15 is 0 Å². The fraction of sp³-hybridized carbons (Fsp3) is 0.462. The molecule has 0 radical (unpaired) electrons. The minimum Gasteiger partial charge on any atom is -0.392 e. The Labute approximate surface area is 106 Å². The number of rotatable bonds is 4. The third kappa shape index (κ3) is 3.23. The van der Waals surface area contributed by atoms with Crippen LogP contribution in [-0.2, 0) is 17.9 Å². The lowest BCUT2D eigenvalue weighted by molar-refractivity contribution is -0.120. The number of hydrogen-bond acceptors (Lipinski definition) is 3. The molecule has 1 heterocycles. The summed E-state index contributed by atoms with van der Waals surface area (Å²) in [4.78, 5) is 11.8. The molecular weight excluding hydrogens is 234 g/mol. The Morgan fingerprint density at radius 2 is 2.18 bits per heavy atom. The summed E-state index contributed by atoms with van der Waals surface area (Å²) in [5.41, 5.74) is 1.87. The molecule has 4 heteroatoms. The van der Waals surface area contributed by atoms with Gasteiger partial charge in [0.2, 0.25) is 5.91 Å². The second kappa shape index (κ2) is 6.07. The van der Waals surface area contributed by atoms with Crippen molar-refractivity contribution in [3.8, 4) is 0 Å². The quantitative estimate of drug-likeness (QED) is 0.856. The van der Waals surface area contributed by atoms with Crippen molar-refractivity contribution in [3.63, 3.8) is 0 Å². The predicted molar refractivity (Wildman–Crippen MR) is 69.7 cm³/mol. The lowest BCUT2D eigenvalue weighted by Gasteiger charge is -2.11. The first-order chi connectivity index (χ1) is 8.31. The third-order valence-electron chi connectivity index (χ3n) is 2.96. The van der Waals surface area contributed by atoms with Crippen LogP contribution in [0.15, 0.2) is 24.3 Å². The Balaban J connectivity index is 1.90. The van der Waals surface area contributed by atoms with E-state index in [1.807, 2.05) is 24.3 Å². The number of hydrogen-bond donors (Lipinski definition) is 2. The van der Waals surface area contributed by atoms with Crippen LogP contribution in [0.1, 0.15) is 24.0 Å². The van der Waals surface area contributed by atoms with Crippen LogP contribution in [0.5, 0.6) is 0 Å². The van der Waals surface area contributed by atoms with Crippen LogP contribution in [0.2, 0.25) is 0 Å². The molecule has 2 rings (SSSR count). The first-order valence-electron chi connectivity index (χ1n) is 5.88. The van der Waals surface area contributed by atoms with Gasteiger partial charge in [0, 0.05) is 6.54 Å². The van der Waals surface area contributed by atoms with Gasteiger partial charge in [-0.25, -0.2) is 0 Å². The van der Waals surface area contributed by atoms with Crippen LogP contribution in [0, 0.1) is 0 Å². The van der Waals surface area contributed by atoms with Crippen molar-refractivity contribution in [2.45, 2.75) is 31.2 Å². The van der Waals surface area contributed by atoms with Crippen LogP contribution in [0.4, 0.5) is 0 Å². The molecule has 2 N–H and O–H groups in total. The molecule has 1 fully saturated rings. The first kappa shape index (κ1) is 12.5. The summed E-state index contributed by atoms with van der Waals surface area (Å²) < 4.78 is 0. The second-order valence-electron chi connectivity index (χ2n) is 4.15. The summed E-state index contributed by atoms with van der Waals surface area (Å²) in [6.45, 7) is 0.525. The fourth-order valence-electron chi connectivity index (χ4n) is 1.96. The van der Waals surface area contributed by atoms with E-state index in [0.717, 1.165) is 29.7 Å². The van der Waals surface area contributed by atoms with Crippen molar-refractivity contribution in [1.29, 1.82) is 0 Å². The highest BCUT2D eigenvalue weighted by atomic mass is 32.2. The van der Waals surface area contributed by atoms with Crippen LogP contribution < -0.4 is 5.32 Å². The van der Waals surface area contributed by atoms with Crippen molar-refractivity contribution in [3.05, 3.63) is 35.4 Å². The maximum atomic E-state index is 11.8. The molecule has 0 saturated carbocycles. The average Bonchev–Trinajstić information content (AvgIpc) is 2.90. The maximum absolute atomic E-state index is 11.8. The number of carbonyl (C=O) groups is 1. The Kier molecular flexibility index (Phi) is 4.45. The molecule has 1 atom stereocenters. The van der Waals surface area contributed by atoms with E-state index < -0.39 is 0 Å². The van der Waals surface area contributed by atoms with E-state index in [-0.39, 0.29) is 17.8 Å². The molecule has 1 amide bonds. The molecule has 0 spiro atoms. The zero-order chi connectivity index (χ0) is 12.1. The molecule has 1 unspecified atom stereocenters. The van der Waals surface area contributed by atoms with E-state index in [2.05, 4.69) is 5.32 Å². The Morgan fingerprint density at radius 3 is 2.82 bits per heavy atom. The molecule has 0 aliphatic carbocycles. The molecule has 1 saturated heterocycles. The van der Waals surface area contributed by atoms with Crippen molar-refractivity contribution < 1.29 is 9.90 Å². The monoisotopic (exact) mass is 251 g/mol. The van der Waals surface area contributed by atoms with Crippen molar-refractivity contribution in [1.82, 2.24) is 5.32 Å². The summed E-state index contributed by atoms with van der Waals surface area (Å²) in [5.74, 6) is 1.21. The van der Waals surface area contributed by atoms with Crippen LogP contribution in [0.3, 0.4) is 0 Å². The lowest BCUT2D eigenvalue weighted by Crippen LogP contribution is -2.31. The fourth-order valence-corrected chi connectivity index (χ4v) is 3.15. The number of aliphatic hydroxyl groups is 1. The van der Waals surface area contributed by atoms with E-state index in [1.54, 1.807) is 11.8 Å². The van der Waals surface area contributed by atoms with Crippen molar-refractivity contribution >= 4 is 17.7 Å². The summed E-state index contributed by atoms with van der Waals surface area (Å²) in [7, 11) is 0. The van der Waals surface area contributed by atoms with E-state index in [9.17, 15) is 9.90 Å². The zero-order valence-electron chi connectivity index (χ0n) is 9.69. The standard InChI is InChI=1S/C13H17NO2S/c15-9-11-5-2-1-4-10(11)8-14-13(16)12-6-3-7-17-12/h1-2,4-5,12,15H,3,6-9H2,(H,14,16). The Morgan fingerprint density at radius 1 is 1.41 bits per heavy atom. The van der Waals surface area contributed by atoms with Gasteiger partial charge in [-0.15, -0.1) is 11.8 Å². The van der Waals surface area contributed by atoms with Gasteiger partial charge in [-0.05, 0) is 29.7 Å². The topological polar surface area (TPSA) is 49.3 Å². The highest BCUT2D eigenvalue weighted by Crippen LogP contribution is 2.26. The number of aliphatic hydroxyl groups excluding tert-OH is 1. The van der Waals surface area contributed by atoms with E-state index in [0.29, 0.717) is 6.54 Å². The van der Waals surface area contributed by atoms with Crippen LogP contribution in [0.25, 0.3) is 0 Å². The average molecular weight is 251 g/mol. The van der Waals surface area contributed by atoms with Crippen LogP contribution in [-0.4, -0.2) is 22.0 Å². The van der Waals surface area contributed by atoms with Crippen molar-refractivity contribution in [2.75, 3.05) is 5.75 Å². The normalized spacial score (nSPS) is 19.2. The highest BCUT2D eigenvalue weighted by molar-refractivity contribution is 8.00. The summed E-state index contributed by atoms with van der Waals surface area (Å²) >= 11 is 1.73. The van der Waals surface area contributed by atoms with Gasteiger partial charge < -0.3 is 10.4 Å². The minimum atomic E-state index is 0.0181. The third-order valence-corrected chi connectivity index (χ3v) is 4.34. The van der Waals surface area contributed by atoms with Crippen molar-refractivity contribution in [2.24, 2.45) is 0 Å². The Bertz CT molecular complexity index is 389. The Hall–Kier alpha value is -1.00. The molecule has 1 aromatic rings. The van der Waals surface area contributed by atoms with E-state index in [1.165, 1.54) is 0 Å². The number of benzene rings is 1. The number of nitrogens with one attached hydrogen (secondary N) is 1. The van der Waals surface area contributed by atoms with Gasteiger partial charge in [0.05, 0.1) is 11.9 Å². The number of amides is 1. The molecular formula is C13H17NO2S. The SMILES string of the molecule is O=C(NCc1ccccc1CO)C1CCCS1. The predicted octanol–water partition coefficient (Wildman–Crippen LogP) is 1.69. The molecule has 1 aliphatic rings. The smallest absolute Gasteiger partial charge is 0.233 e. The second-order valence-corrected chi connectivity index (χ2v) is 5.46. The molecule has 1 aromatic carbocycles. The van der Waals surface area contributed by atoms with Gasteiger partial charge in [0.15, 0.2) is 0 Å². The summed E-state index contributed by atoms with van der Waals surface area (Å²) in [5, 5.41) is 12.2. The molecule has 3 nitrogen and oxygen atoms in total. The largest absolute Gasteiger partial charge is 0.392 e. The van der Waals surface area contributed by atoms with E-state index in [4.69, 9.17) is 0 Å². The lowest BCUT2D eigenvalue weighted by atomic mass is 10.1. The maximum Gasteiger partial charge on any atom is 0.233 e. The molecule has 1 aliphatic heterocycles.